The molecule has 1 aromatic carbocycles. The van der Waals surface area contributed by atoms with Crippen molar-refractivity contribution in [2.75, 3.05) is 13.7 Å². The van der Waals surface area contributed by atoms with Gasteiger partial charge in [0.05, 0.1) is 7.11 Å². The van der Waals surface area contributed by atoms with Gasteiger partial charge in [0.1, 0.15) is 18.1 Å². The Kier molecular flexibility index (Phi) is 4.99. The van der Waals surface area contributed by atoms with Crippen LogP contribution in [-0.2, 0) is 4.79 Å². The quantitative estimate of drug-likeness (QED) is 0.621. The molecule has 1 N–H and O–H groups in total. The molecule has 0 aliphatic heterocycles. The van der Waals surface area contributed by atoms with Gasteiger partial charge in [-0.15, -0.1) is 0 Å². The topological polar surface area (TPSA) is 55.8 Å². The molecule has 1 rings (SSSR count). The monoisotopic (exact) mass is 248 g/mol. The molecule has 0 bridgehead atoms. The average molecular weight is 248 g/mol. The van der Waals surface area contributed by atoms with Crippen LogP contribution in [0.15, 0.2) is 36.4 Å². The van der Waals surface area contributed by atoms with Crippen LogP contribution in [0, 0.1) is 0 Å². The van der Waals surface area contributed by atoms with E-state index in [0.29, 0.717) is 23.7 Å². The fourth-order valence-electron chi connectivity index (χ4n) is 1.27. The van der Waals surface area contributed by atoms with E-state index in [1.54, 1.807) is 25.3 Å². The zero-order valence-corrected chi connectivity index (χ0v) is 10.5. The SMILES string of the molecule is C=C(C)COc1cc(OC)ccc1C=CC(=O)O. The van der Waals surface area contributed by atoms with Gasteiger partial charge >= 0.3 is 5.97 Å². The Balaban J connectivity index is 2.99. The van der Waals surface area contributed by atoms with E-state index in [1.165, 1.54) is 6.08 Å². The largest absolute Gasteiger partial charge is 0.497 e. The number of benzene rings is 1. The highest BCUT2D eigenvalue weighted by Crippen LogP contribution is 2.26. The second kappa shape index (κ2) is 6.49. The lowest BCUT2D eigenvalue weighted by Gasteiger charge is -2.10. The van der Waals surface area contributed by atoms with Crippen LogP contribution in [-0.4, -0.2) is 24.8 Å². The molecule has 0 saturated carbocycles. The molecule has 0 unspecified atom stereocenters. The highest BCUT2D eigenvalue weighted by atomic mass is 16.5. The zero-order valence-electron chi connectivity index (χ0n) is 10.5. The molecule has 96 valence electrons. The van der Waals surface area contributed by atoms with Crippen molar-refractivity contribution >= 4 is 12.0 Å². The molecule has 0 aromatic heterocycles. The molecule has 0 saturated heterocycles. The fourth-order valence-corrected chi connectivity index (χ4v) is 1.27. The van der Waals surface area contributed by atoms with E-state index in [0.717, 1.165) is 11.6 Å². The van der Waals surface area contributed by atoms with Crippen LogP contribution in [0.4, 0.5) is 0 Å². The molecule has 1 aromatic rings. The molecular weight excluding hydrogens is 232 g/mol. The summed E-state index contributed by atoms with van der Waals surface area (Å²) in [5.41, 5.74) is 1.56. The number of aliphatic carboxylic acids is 1. The minimum Gasteiger partial charge on any atom is -0.497 e. The van der Waals surface area contributed by atoms with Gasteiger partial charge in [0.15, 0.2) is 0 Å². The predicted octanol–water partition coefficient (Wildman–Crippen LogP) is 2.75. The molecule has 0 spiro atoms. The normalized spacial score (nSPS) is 10.3. The summed E-state index contributed by atoms with van der Waals surface area (Å²) in [6.45, 7) is 5.98. The minimum absolute atomic E-state index is 0.376. The highest BCUT2D eigenvalue weighted by Gasteiger charge is 2.04. The molecular formula is C14H16O4. The molecule has 0 aliphatic carbocycles. The molecule has 0 amide bonds. The second-order valence-corrected chi connectivity index (χ2v) is 3.82. The summed E-state index contributed by atoms with van der Waals surface area (Å²) < 4.78 is 10.6. The van der Waals surface area contributed by atoms with Crippen LogP contribution < -0.4 is 9.47 Å². The molecule has 0 atom stereocenters. The number of carbonyl (C=O) groups is 1. The van der Waals surface area contributed by atoms with Crippen LogP contribution in [0.2, 0.25) is 0 Å². The van der Waals surface area contributed by atoms with Crippen molar-refractivity contribution in [3.05, 3.63) is 42.0 Å². The van der Waals surface area contributed by atoms with Crippen LogP contribution in [0.5, 0.6) is 11.5 Å². The van der Waals surface area contributed by atoms with Crippen molar-refractivity contribution in [1.29, 1.82) is 0 Å². The third-order valence-electron chi connectivity index (χ3n) is 2.10. The zero-order chi connectivity index (χ0) is 13.5. The van der Waals surface area contributed by atoms with Crippen LogP contribution in [0.25, 0.3) is 6.08 Å². The number of ether oxygens (including phenoxy) is 2. The maximum atomic E-state index is 10.5. The van der Waals surface area contributed by atoms with Crippen molar-refractivity contribution in [2.24, 2.45) is 0 Å². The molecule has 4 nitrogen and oxygen atoms in total. The Morgan fingerprint density at radius 1 is 1.50 bits per heavy atom. The fraction of sp³-hybridized carbons (Fsp3) is 0.214. The third kappa shape index (κ3) is 4.33. The van der Waals surface area contributed by atoms with Crippen molar-refractivity contribution in [3.8, 4) is 11.5 Å². The van der Waals surface area contributed by atoms with E-state index < -0.39 is 5.97 Å². The lowest BCUT2D eigenvalue weighted by atomic mass is 10.1. The summed E-state index contributed by atoms with van der Waals surface area (Å²) in [5, 5.41) is 8.62. The van der Waals surface area contributed by atoms with Gasteiger partial charge in [-0.25, -0.2) is 4.79 Å². The lowest BCUT2D eigenvalue weighted by Crippen LogP contribution is -2.00. The first-order chi connectivity index (χ1) is 8.52. The van der Waals surface area contributed by atoms with Gasteiger partial charge in [-0.05, 0) is 30.7 Å². The maximum absolute atomic E-state index is 10.5. The smallest absolute Gasteiger partial charge is 0.328 e. The van der Waals surface area contributed by atoms with E-state index >= 15 is 0 Å². The summed E-state index contributed by atoms with van der Waals surface area (Å²) in [4.78, 5) is 10.5. The standard InChI is InChI=1S/C14H16O4/c1-10(2)9-18-13-8-12(17-3)6-4-11(13)5-7-14(15)16/h4-8H,1,9H2,2-3H3,(H,15,16). The Labute approximate surface area is 106 Å². The van der Waals surface area contributed by atoms with Gasteiger partial charge < -0.3 is 14.6 Å². The third-order valence-corrected chi connectivity index (χ3v) is 2.10. The Bertz CT molecular complexity index is 475. The molecule has 18 heavy (non-hydrogen) atoms. The Morgan fingerprint density at radius 3 is 2.78 bits per heavy atom. The van der Waals surface area contributed by atoms with Gasteiger partial charge in [0, 0.05) is 17.7 Å². The van der Waals surface area contributed by atoms with E-state index in [2.05, 4.69) is 6.58 Å². The van der Waals surface area contributed by atoms with Gasteiger partial charge in [0.25, 0.3) is 0 Å². The van der Waals surface area contributed by atoms with E-state index in [1.807, 2.05) is 6.92 Å². The van der Waals surface area contributed by atoms with Crippen LogP contribution in [0.3, 0.4) is 0 Å². The van der Waals surface area contributed by atoms with Gasteiger partial charge in [0.2, 0.25) is 0 Å². The summed E-state index contributed by atoms with van der Waals surface area (Å²) in [7, 11) is 1.56. The first-order valence-electron chi connectivity index (χ1n) is 5.39. The summed E-state index contributed by atoms with van der Waals surface area (Å²) in [5.74, 6) is 0.214. The van der Waals surface area contributed by atoms with Crippen LogP contribution >= 0.6 is 0 Å². The van der Waals surface area contributed by atoms with E-state index in [9.17, 15) is 4.79 Å². The average Bonchev–Trinajstić information content (AvgIpc) is 2.34. The number of methoxy groups -OCH3 is 1. The van der Waals surface area contributed by atoms with Crippen LogP contribution in [0.1, 0.15) is 12.5 Å². The summed E-state index contributed by atoms with van der Waals surface area (Å²) >= 11 is 0. The van der Waals surface area contributed by atoms with Crippen molar-refractivity contribution < 1.29 is 19.4 Å². The first kappa shape index (κ1) is 13.8. The van der Waals surface area contributed by atoms with E-state index in [4.69, 9.17) is 14.6 Å². The van der Waals surface area contributed by atoms with E-state index in [-0.39, 0.29) is 0 Å². The molecule has 0 aliphatic rings. The number of rotatable bonds is 6. The maximum Gasteiger partial charge on any atom is 0.328 e. The first-order valence-corrected chi connectivity index (χ1v) is 5.39. The number of hydrogen-bond acceptors (Lipinski definition) is 3. The Morgan fingerprint density at radius 2 is 2.22 bits per heavy atom. The lowest BCUT2D eigenvalue weighted by molar-refractivity contribution is -0.131. The van der Waals surface area contributed by atoms with Gasteiger partial charge in [-0.3, -0.25) is 0 Å². The molecule has 0 heterocycles. The Hall–Kier alpha value is -2.23. The van der Waals surface area contributed by atoms with Gasteiger partial charge in [-0.2, -0.15) is 0 Å². The van der Waals surface area contributed by atoms with Crippen molar-refractivity contribution in [3.63, 3.8) is 0 Å². The molecule has 0 radical (unpaired) electrons. The number of hydrogen-bond donors (Lipinski definition) is 1. The van der Waals surface area contributed by atoms with Crippen molar-refractivity contribution in [1.82, 2.24) is 0 Å². The molecule has 4 heteroatoms. The summed E-state index contributed by atoms with van der Waals surface area (Å²) in [6, 6.07) is 5.20. The number of carboxylic acid groups (broad SMARTS) is 1. The summed E-state index contributed by atoms with van der Waals surface area (Å²) in [6.07, 6.45) is 2.55. The second-order valence-electron chi connectivity index (χ2n) is 3.82. The highest BCUT2D eigenvalue weighted by molar-refractivity contribution is 5.86. The van der Waals surface area contributed by atoms with Gasteiger partial charge in [-0.1, -0.05) is 6.58 Å². The van der Waals surface area contributed by atoms with Crippen molar-refractivity contribution in [2.45, 2.75) is 6.92 Å². The number of carboxylic acids is 1. The molecule has 0 fully saturated rings. The minimum atomic E-state index is -1.00. The predicted molar refractivity (Wildman–Crippen MR) is 70.0 cm³/mol.